The molecule has 1 aromatic heterocycles. The van der Waals surface area contributed by atoms with Gasteiger partial charge in [-0.3, -0.25) is 0 Å². The van der Waals surface area contributed by atoms with Crippen molar-refractivity contribution in [1.82, 2.24) is 4.98 Å². The second kappa shape index (κ2) is 5.24. The minimum atomic E-state index is -0.672. The van der Waals surface area contributed by atoms with E-state index >= 15 is 0 Å². The number of para-hydroxylation sites is 1. The fourth-order valence-corrected chi connectivity index (χ4v) is 3.11. The summed E-state index contributed by atoms with van der Waals surface area (Å²) in [6, 6.07) is 9.79. The Hall–Kier alpha value is -1.72. The number of pyridine rings is 1. The van der Waals surface area contributed by atoms with E-state index in [0.29, 0.717) is 11.5 Å². The van der Waals surface area contributed by atoms with Crippen LogP contribution in [0.4, 0.5) is 5.82 Å². The van der Waals surface area contributed by atoms with Crippen molar-refractivity contribution < 1.29 is 5.11 Å². The van der Waals surface area contributed by atoms with E-state index in [2.05, 4.69) is 4.90 Å². The maximum absolute atomic E-state index is 10.3. The topological polar surface area (TPSA) is 62.4 Å². The summed E-state index contributed by atoms with van der Waals surface area (Å²) in [6.07, 6.45) is 1.77. The van der Waals surface area contributed by atoms with Crippen molar-refractivity contribution in [1.29, 1.82) is 0 Å². The molecule has 0 bridgehead atoms. The standard InChI is InChI=1S/C16H19N3OS/c1-16(20)7-4-8-19(10-16)14-9-12(15(17)21)11-5-2-3-6-13(11)18-14/h2-3,5-6,9,20H,4,7-8,10H2,1H3,(H2,17,21). The molecule has 1 atom stereocenters. The summed E-state index contributed by atoms with van der Waals surface area (Å²) in [5.41, 5.74) is 6.92. The smallest absolute Gasteiger partial charge is 0.130 e. The number of anilines is 1. The third kappa shape index (κ3) is 2.84. The zero-order chi connectivity index (χ0) is 15.0. The van der Waals surface area contributed by atoms with Crippen molar-refractivity contribution in [3.8, 4) is 0 Å². The fraction of sp³-hybridized carbons (Fsp3) is 0.375. The molecular formula is C16H19N3OS. The Morgan fingerprint density at radius 3 is 2.90 bits per heavy atom. The van der Waals surface area contributed by atoms with E-state index in [1.807, 2.05) is 37.3 Å². The van der Waals surface area contributed by atoms with Crippen LogP contribution in [0, 0.1) is 0 Å². The van der Waals surface area contributed by atoms with E-state index in [1.165, 1.54) is 0 Å². The van der Waals surface area contributed by atoms with Gasteiger partial charge in [0.2, 0.25) is 0 Å². The van der Waals surface area contributed by atoms with Crippen molar-refractivity contribution in [3.05, 3.63) is 35.9 Å². The second-order valence-electron chi connectivity index (χ2n) is 5.93. The van der Waals surface area contributed by atoms with Gasteiger partial charge in [0.1, 0.15) is 10.8 Å². The number of hydrogen-bond acceptors (Lipinski definition) is 4. The highest BCUT2D eigenvalue weighted by molar-refractivity contribution is 7.80. The maximum Gasteiger partial charge on any atom is 0.130 e. The molecule has 0 aliphatic carbocycles. The number of piperidine rings is 1. The average Bonchev–Trinajstić information content (AvgIpc) is 2.45. The van der Waals surface area contributed by atoms with E-state index in [0.717, 1.165) is 41.7 Å². The molecule has 110 valence electrons. The number of rotatable bonds is 2. The summed E-state index contributed by atoms with van der Waals surface area (Å²) in [4.78, 5) is 7.19. The summed E-state index contributed by atoms with van der Waals surface area (Å²) < 4.78 is 0. The highest BCUT2D eigenvalue weighted by Gasteiger charge is 2.29. The molecule has 1 aliphatic rings. The number of hydrogen-bond donors (Lipinski definition) is 2. The van der Waals surface area contributed by atoms with Crippen LogP contribution in [-0.2, 0) is 0 Å². The van der Waals surface area contributed by atoms with Gasteiger partial charge in [0.25, 0.3) is 0 Å². The molecule has 4 nitrogen and oxygen atoms in total. The first-order valence-corrected chi connectivity index (χ1v) is 7.54. The van der Waals surface area contributed by atoms with Crippen LogP contribution in [0.3, 0.4) is 0 Å². The van der Waals surface area contributed by atoms with Crippen LogP contribution in [0.2, 0.25) is 0 Å². The first kappa shape index (κ1) is 14.2. The van der Waals surface area contributed by atoms with Crippen LogP contribution >= 0.6 is 12.2 Å². The molecule has 1 fully saturated rings. The Labute approximate surface area is 129 Å². The molecule has 3 N–H and O–H groups in total. The summed E-state index contributed by atoms with van der Waals surface area (Å²) in [6.45, 7) is 3.34. The monoisotopic (exact) mass is 301 g/mol. The van der Waals surface area contributed by atoms with Gasteiger partial charge in [-0.25, -0.2) is 4.98 Å². The molecule has 0 amide bonds. The molecule has 1 saturated heterocycles. The zero-order valence-corrected chi connectivity index (χ0v) is 12.9. The van der Waals surface area contributed by atoms with E-state index < -0.39 is 5.60 Å². The molecular weight excluding hydrogens is 282 g/mol. The molecule has 3 rings (SSSR count). The lowest BCUT2D eigenvalue weighted by molar-refractivity contribution is 0.0447. The van der Waals surface area contributed by atoms with Crippen LogP contribution in [0.25, 0.3) is 10.9 Å². The quantitative estimate of drug-likeness (QED) is 0.833. The van der Waals surface area contributed by atoms with Crippen LogP contribution in [0.5, 0.6) is 0 Å². The van der Waals surface area contributed by atoms with E-state index in [4.69, 9.17) is 22.9 Å². The molecule has 2 heterocycles. The van der Waals surface area contributed by atoms with E-state index in [1.54, 1.807) is 0 Å². The lowest BCUT2D eigenvalue weighted by atomic mass is 9.95. The Kier molecular flexibility index (Phi) is 3.55. The molecule has 0 spiro atoms. The molecule has 0 saturated carbocycles. The third-order valence-electron chi connectivity index (χ3n) is 3.97. The predicted molar refractivity (Wildman–Crippen MR) is 89.7 cm³/mol. The summed E-state index contributed by atoms with van der Waals surface area (Å²) >= 11 is 5.18. The minimum absolute atomic E-state index is 0.374. The Morgan fingerprint density at radius 2 is 2.19 bits per heavy atom. The maximum atomic E-state index is 10.3. The normalized spacial score (nSPS) is 22.5. The van der Waals surface area contributed by atoms with Crippen molar-refractivity contribution in [3.63, 3.8) is 0 Å². The highest BCUT2D eigenvalue weighted by atomic mass is 32.1. The van der Waals surface area contributed by atoms with Gasteiger partial charge in [-0.05, 0) is 31.9 Å². The highest BCUT2D eigenvalue weighted by Crippen LogP contribution is 2.28. The van der Waals surface area contributed by atoms with E-state index in [9.17, 15) is 5.11 Å². The first-order chi connectivity index (χ1) is 9.96. The van der Waals surface area contributed by atoms with Gasteiger partial charge in [-0.1, -0.05) is 30.4 Å². The fourth-order valence-electron chi connectivity index (χ4n) is 2.94. The first-order valence-electron chi connectivity index (χ1n) is 7.13. The number of aliphatic hydroxyl groups is 1. The van der Waals surface area contributed by atoms with Crippen molar-refractivity contribution in [2.75, 3.05) is 18.0 Å². The van der Waals surface area contributed by atoms with Crippen LogP contribution in [-0.4, -0.2) is 33.8 Å². The van der Waals surface area contributed by atoms with Crippen LogP contribution in [0.15, 0.2) is 30.3 Å². The summed E-state index contributed by atoms with van der Waals surface area (Å²) in [5.74, 6) is 0.830. The van der Waals surface area contributed by atoms with Crippen molar-refractivity contribution in [2.24, 2.45) is 5.73 Å². The lowest BCUT2D eigenvalue weighted by Crippen LogP contribution is -2.46. The SMILES string of the molecule is CC1(O)CCCN(c2cc(C(N)=S)c3ccccc3n2)C1. The molecule has 2 aromatic rings. The van der Waals surface area contributed by atoms with Gasteiger partial charge in [-0.15, -0.1) is 0 Å². The minimum Gasteiger partial charge on any atom is -0.389 e. The summed E-state index contributed by atoms with van der Waals surface area (Å²) in [5, 5.41) is 11.2. The van der Waals surface area contributed by atoms with Crippen molar-refractivity contribution >= 4 is 33.9 Å². The number of aromatic nitrogens is 1. The molecule has 5 heteroatoms. The van der Waals surface area contributed by atoms with Crippen LogP contribution < -0.4 is 10.6 Å². The predicted octanol–water partition coefficient (Wildman–Crippen LogP) is 2.22. The van der Waals surface area contributed by atoms with Gasteiger partial charge in [-0.2, -0.15) is 0 Å². The molecule has 1 aliphatic heterocycles. The van der Waals surface area contributed by atoms with Gasteiger partial charge < -0.3 is 15.7 Å². The number of benzene rings is 1. The Bertz CT molecular complexity index is 699. The number of nitrogens with two attached hydrogens (primary N) is 1. The van der Waals surface area contributed by atoms with Gasteiger partial charge in [0.15, 0.2) is 0 Å². The molecule has 1 unspecified atom stereocenters. The average molecular weight is 301 g/mol. The van der Waals surface area contributed by atoms with Crippen LogP contribution in [0.1, 0.15) is 25.3 Å². The number of fused-ring (bicyclic) bond motifs is 1. The zero-order valence-electron chi connectivity index (χ0n) is 12.0. The third-order valence-corrected chi connectivity index (χ3v) is 4.19. The molecule has 21 heavy (non-hydrogen) atoms. The second-order valence-corrected chi connectivity index (χ2v) is 6.37. The molecule has 1 aromatic carbocycles. The van der Waals surface area contributed by atoms with Crippen molar-refractivity contribution in [2.45, 2.75) is 25.4 Å². The largest absolute Gasteiger partial charge is 0.389 e. The Morgan fingerprint density at radius 1 is 1.43 bits per heavy atom. The number of nitrogens with zero attached hydrogens (tertiary/aromatic N) is 2. The van der Waals surface area contributed by atoms with Gasteiger partial charge >= 0.3 is 0 Å². The lowest BCUT2D eigenvalue weighted by Gasteiger charge is -2.37. The van der Waals surface area contributed by atoms with Gasteiger partial charge in [0.05, 0.1) is 11.1 Å². The number of thiocarbonyl (C=S) groups is 1. The Balaban J connectivity index is 2.09. The number of β-amino-alcohol motifs (C(OH)–C–C–N with tert-alkyl or cyclic N) is 1. The van der Waals surface area contributed by atoms with Gasteiger partial charge in [0, 0.05) is 24.0 Å². The molecule has 0 radical (unpaired) electrons. The summed E-state index contributed by atoms with van der Waals surface area (Å²) in [7, 11) is 0. The van der Waals surface area contributed by atoms with E-state index in [-0.39, 0.29) is 0 Å².